The number of benzene rings is 1. The number of carbonyl (C=O) groups is 2. The minimum absolute atomic E-state index is 0.0104. The highest BCUT2D eigenvalue weighted by atomic mass is 16.5. The van der Waals surface area contributed by atoms with Gasteiger partial charge >= 0.3 is 0 Å². The van der Waals surface area contributed by atoms with Crippen LogP contribution < -0.4 is 11.5 Å². The molecule has 0 spiro atoms. The number of rotatable bonds is 5. The molecule has 11 heteroatoms. The molecule has 0 radical (unpaired) electrons. The Morgan fingerprint density at radius 2 is 1.85 bits per heavy atom. The molecule has 3 aromatic rings. The van der Waals surface area contributed by atoms with Crippen molar-refractivity contribution in [2.45, 2.75) is 44.2 Å². The van der Waals surface area contributed by atoms with E-state index in [0.717, 1.165) is 43.4 Å². The zero-order valence-corrected chi connectivity index (χ0v) is 18.9. The Hall–Kier alpha value is -3.57. The quantitative estimate of drug-likeness (QED) is 0.520. The molecule has 1 aliphatic rings. The van der Waals surface area contributed by atoms with Crippen LogP contribution in [0.1, 0.15) is 48.3 Å². The number of carbonyl (C=O) groups excluding carboxylic acids is 1. The van der Waals surface area contributed by atoms with Crippen LogP contribution in [-0.2, 0) is 16.6 Å². The first-order valence-electron chi connectivity index (χ1n) is 10.5. The standard InChI is InChI=1S/C20H25N7O2.C2H4O2/c1-26-17(9-10-23-26)27-20(14-7-8-15(21)16(11-14)29-2)24-19(25-27)13-5-3-12(4-6-13)18(22)28;1-2(3)4/h3-6,9-10,14-16H,7-8,11,21H2,1-2H3,(H2,22,28);1H3,(H,3,4)/t14-,15-,16-;/m0./s1. The summed E-state index contributed by atoms with van der Waals surface area (Å²) in [7, 11) is 3.57. The van der Waals surface area contributed by atoms with Gasteiger partial charge in [-0.25, -0.2) is 4.98 Å². The van der Waals surface area contributed by atoms with Gasteiger partial charge in [0.15, 0.2) is 11.6 Å². The Labute approximate surface area is 191 Å². The summed E-state index contributed by atoms with van der Waals surface area (Å²) in [5.41, 5.74) is 12.8. The van der Waals surface area contributed by atoms with Crippen molar-refractivity contribution in [1.29, 1.82) is 0 Å². The number of amides is 1. The van der Waals surface area contributed by atoms with Crippen molar-refractivity contribution in [3.05, 3.63) is 47.9 Å². The number of aliphatic carboxylic acids is 1. The van der Waals surface area contributed by atoms with Crippen LogP contribution in [0.25, 0.3) is 17.2 Å². The Morgan fingerprint density at radius 3 is 2.39 bits per heavy atom. The first-order chi connectivity index (χ1) is 15.7. The van der Waals surface area contributed by atoms with E-state index in [1.165, 1.54) is 0 Å². The van der Waals surface area contributed by atoms with E-state index in [2.05, 4.69) is 5.10 Å². The van der Waals surface area contributed by atoms with Gasteiger partial charge in [0.2, 0.25) is 5.91 Å². The molecule has 176 valence electrons. The molecule has 5 N–H and O–H groups in total. The largest absolute Gasteiger partial charge is 0.481 e. The van der Waals surface area contributed by atoms with Gasteiger partial charge in [0, 0.05) is 50.2 Å². The second-order valence-electron chi connectivity index (χ2n) is 7.93. The summed E-state index contributed by atoms with van der Waals surface area (Å²) in [5.74, 6) is 1.14. The molecule has 2 heterocycles. The first-order valence-corrected chi connectivity index (χ1v) is 10.5. The van der Waals surface area contributed by atoms with Gasteiger partial charge in [-0.05, 0) is 31.4 Å². The number of ether oxygens (including phenoxy) is 1. The number of aryl methyl sites for hydroxylation is 1. The number of hydrogen-bond acceptors (Lipinski definition) is 7. The molecule has 0 saturated heterocycles. The zero-order chi connectivity index (χ0) is 24.1. The van der Waals surface area contributed by atoms with Crippen LogP contribution >= 0.6 is 0 Å². The monoisotopic (exact) mass is 455 g/mol. The average molecular weight is 456 g/mol. The third-order valence-corrected chi connectivity index (χ3v) is 5.58. The fourth-order valence-electron chi connectivity index (χ4n) is 3.90. The summed E-state index contributed by atoms with van der Waals surface area (Å²) in [5, 5.41) is 16.4. The van der Waals surface area contributed by atoms with E-state index in [1.807, 2.05) is 29.9 Å². The van der Waals surface area contributed by atoms with Crippen molar-refractivity contribution in [2.75, 3.05) is 7.11 Å². The van der Waals surface area contributed by atoms with Gasteiger partial charge in [-0.1, -0.05) is 12.1 Å². The number of methoxy groups -OCH3 is 1. The minimum atomic E-state index is -0.833. The smallest absolute Gasteiger partial charge is 0.300 e. The van der Waals surface area contributed by atoms with Crippen molar-refractivity contribution in [2.24, 2.45) is 18.5 Å². The predicted molar refractivity (Wildman–Crippen MR) is 121 cm³/mol. The Balaban J connectivity index is 0.000000709. The van der Waals surface area contributed by atoms with Crippen molar-refractivity contribution in [3.63, 3.8) is 0 Å². The van der Waals surface area contributed by atoms with E-state index in [1.54, 1.807) is 30.1 Å². The first kappa shape index (κ1) is 24.1. The van der Waals surface area contributed by atoms with E-state index in [4.69, 9.17) is 36.2 Å². The maximum atomic E-state index is 11.3. The fraction of sp³-hybridized carbons (Fsp3) is 0.409. The molecule has 11 nitrogen and oxygen atoms in total. The minimum Gasteiger partial charge on any atom is -0.481 e. The number of carboxylic acids is 1. The van der Waals surface area contributed by atoms with Crippen molar-refractivity contribution >= 4 is 11.9 Å². The zero-order valence-electron chi connectivity index (χ0n) is 18.9. The molecule has 3 atom stereocenters. The highest BCUT2D eigenvalue weighted by Gasteiger charge is 2.33. The Kier molecular flexibility index (Phi) is 7.56. The number of aromatic nitrogens is 5. The number of nitrogens with zero attached hydrogens (tertiary/aromatic N) is 5. The van der Waals surface area contributed by atoms with Gasteiger partial charge in [0.25, 0.3) is 5.97 Å². The maximum absolute atomic E-state index is 11.3. The van der Waals surface area contributed by atoms with Crippen LogP contribution in [0, 0.1) is 0 Å². The van der Waals surface area contributed by atoms with E-state index >= 15 is 0 Å². The van der Waals surface area contributed by atoms with Crippen LogP contribution in [0.2, 0.25) is 0 Å². The van der Waals surface area contributed by atoms with Crippen LogP contribution in [-0.4, -0.2) is 60.8 Å². The normalized spacial score (nSPS) is 20.1. The fourth-order valence-corrected chi connectivity index (χ4v) is 3.90. The molecule has 1 amide bonds. The van der Waals surface area contributed by atoms with Gasteiger partial charge in [-0.3, -0.25) is 14.3 Å². The SMILES string of the molecule is CC(=O)O.CO[C@H]1C[C@@H](c2nc(-c3ccc(C(N)=O)cc3)nn2-c2ccnn2C)CC[C@@H]1N. The molecule has 0 unspecified atom stereocenters. The van der Waals surface area contributed by atoms with Crippen molar-refractivity contribution < 1.29 is 19.4 Å². The average Bonchev–Trinajstić information content (AvgIpc) is 3.40. The van der Waals surface area contributed by atoms with Crippen molar-refractivity contribution in [3.8, 4) is 17.2 Å². The van der Waals surface area contributed by atoms with E-state index in [9.17, 15) is 4.79 Å². The second-order valence-corrected chi connectivity index (χ2v) is 7.93. The Morgan fingerprint density at radius 1 is 1.18 bits per heavy atom. The number of primary amides is 1. The molecule has 2 aromatic heterocycles. The molecule has 33 heavy (non-hydrogen) atoms. The van der Waals surface area contributed by atoms with Gasteiger partial charge < -0.3 is 21.3 Å². The summed E-state index contributed by atoms with van der Waals surface area (Å²) >= 11 is 0. The topological polar surface area (TPSA) is 164 Å². The van der Waals surface area contributed by atoms with Crippen LogP contribution in [0.3, 0.4) is 0 Å². The van der Waals surface area contributed by atoms with Crippen LogP contribution in [0.4, 0.5) is 0 Å². The second kappa shape index (κ2) is 10.4. The molecular weight excluding hydrogens is 426 g/mol. The van der Waals surface area contributed by atoms with Gasteiger partial charge in [-0.2, -0.15) is 9.78 Å². The molecule has 0 aliphatic heterocycles. The summed E-state index contributed by atoms with van der Waals surface area (Å²) in [4.78, 5) is 25.2. The third-order valence-electron chi connectivity index (χ3n) is 5.58. The van der Waals surface area contributed by atoms with Crippen LogP contribution in [0.15, 0.2) is 36.5 Å². The van der Waals surface area contributed by atoms with E-state index < -0.39 is 11.9 Å². The lowest BCUT2D eigenvalue weighted by molar-refractivity contribution is -0.134. The lowest BCUT2D eigenvalue weighted by Gasteiger charge is -2.32. The lowest BCUT2D eigenvalue weighted by atomic mass is 9.83. The maximum Gasteiger partial charge on any atom is 0.300 e. The van der Waals surface area contributed by atoms with E-state index in [-0.39, 0.29) is 18.1 Å². The van der Waals surface area contributed by atoms with Gasteiger partial charge in [-0.15, -0.1) is 5.10 Å². The van der Waals surface area contributed by atoms with Gasteiger partial charge in [0.05, 0.1) is 12.3 Å². The highest BCUT2D eigenvalue weighted by Crippen LogP contribution is 2.34. The third kappa shape index (κ3) is 5.62. The summed E-state index contributed by atoms with van der Waals surface area (Å²) in [6.45, 7) is 1.08. The molecule has 1 aromatic carbocycles. The predicted octanol–water partition coefficient (Wildman–Crippen LogP) is 1.47. The molecular formula is C22H29N7O4. The molecule has 1 aliphatic carbocycles. The Bertz CT molecular complexity index is 1100. The highest BCUT2D eigenvalue weighted by molar-refractivity contribution is 5.93. The molecule has 1 fully saturated rings. The number of carboxylic acid groups (broad SMARTS) is 1. The molecule has 4 rings (SSSR count). The van der Waals surface area contributed by atoms with Crippen molar-refractivity contribution in [1.82, 2.24) is 24.5 Å². The summed E-state index contributed by atoms with van der Waals surface area (Å²) in [6.07, 6.45) is 4.29. The summed E-state index contributed by atoms with van der Waals surface area (Å²) in [6, 6.07) is 8.92. The molecule has 1 saturated carbocycles. The molecule has 0 bridgehead atoms. The number of nitrogens with two attached hydrogens (primary N) is 2. The van der Waals surface area contributed by atoms with Crippen LogP contribution in [0.5, 0.6) is 0 Å². The van der Waals surface area contributed by atoms with E-state index in [0.29, 0.717) is 11.4 Å². The summed E-state index contributed by atoms with van der Waals surface area (Å²) < 4.78 is 9.20. The lowest BCUT2D eigenvalue weighted by Crippen LogP contribution is -2.41. The van der Waals surface area contributed by atoms with Gasteiger partial charge in [0.1, 0.15) is 5.82 Å². The number of hydrogen-bond donors (Lipinski definition) is 3.